The van der Waals surface area contributed by atoms with Gasteiger partial charge in [-0.3, -0.25) is 0 Å². The number of nitrogens with zero attached hydrogens (tertiary/aromatic N) is 4. The maximum absolute atomic E-state index is 2.53. The number of fused-ring (bicyclic) bond motifs is 7. The summed E-state index contributed by atoms with van der Waals surface area (Å²) in [5.74, 6) is 0. The van der Waals surface area contributed by atoms with Crippen molar-refractivity contribution in [3.8, 4) is 33.9 Å². The van der Waals surface area contributed by atoms with Gasteiger partial charge in [0.1, 0.15) is 0 Å². The van der Waals surface area contributed by atoms with Crippen LogP contribution in [0.1, 0.15) is 22.3 Å². The molecule has 4 heteroatoms. The van der Waals surface area contributed by atoms with Gasteiger partial charge in [-0.25, -0.2) is 0 Å². The molecular weight excluding hydrogens is 945 g/mol. The molecule has 2 aromatic heterocycles. The Morgan fingerprint density at radius 3 is 0.885 bits per heavy atom. The molecule has 4 nitrogen and oxygen atoms in total. The second-order valence-electron chi connectivity index (χ2n) is 20.9. The van der Waals surface area contributed by atoms with Gasteiger partial charge in [0, 0.05) is 44.9 Å². The van der Waals surface area contributed by atoms with E-state index in [4.69, 9.17) is 0 Å². The lowest BCUT2D eigenvalue weighted by Crippen LogP contribution is -2.10. The fourth-order valence-electron chi connectivity index (χ4n) is 12.1. The quantitative estimate of drug-likeness (QED) is 0.127. The van der Waals surface area contributed by atoms with E-state index < -0.39 is 0 Å². The minimum Gasteiger partial charge on any atom is -0.310 e. The smallest absolute Gasteiger partial charge is 0.0724 e. The van der Waals surface area contributed by atoms with E-state index in [0.29, 0.717) is 0 Å². The topological polar surface area (TPSA) is 16.3 Å². The highest BCUT2D eigenvalue weighted by molar-refractivity contribution is 6.14. The van der Waals surface area contributed by atoms with Crippen LogP contribution in [-0.2, 0) is 0 Å². The van der Waals surface area contributed by atoms with Crippen molar-refractivity contribution in [3.05, 3.63) is 289 Å². The summed E-state index contributed by atoms with van der Waals surface area (Å²) >= 11 is 0. The molecule has 0 aliphatic rings. The number of aromatic nitrogens is 2. The van der Waals surface area contributed by atoms with Crippen molar-refractivity contribution < 1.29 is 0 Å². The summed E-state index contributed by atoms with van der Waals surface area (Å²) in [4.78, 5) is 4.74. The normalized spacial score (nSPS) is 11.6. The summed E-state index contributed by atoms with van der Waals surface area (Å²) in [5.41, 5.74) is 20.5. The maximum atomic E-state index is 2.53. The van der Waals surface area contributed by atoms with Crippen LogP contribution in [0.3, 0.4) is 0 Å². The third kappa shape index (κ3) is 8.09. The van der Waals surface area contributed by atoms with Crippen molar-refractivity contribution in [1.82, 2.24) is 9.13 Å². The van der Waals surface area contributed by atoms with Crippen LogP contribution >= 0.6 is 0 Å². The first-order valence-electron chi connectivity index (χ1n) is 27.0. The summed E-state index contributed by atoms with van der Waals surface area (Å²) in [6.07, 6.45) is 0. The maximum Gasteiger partial charge on any atom is 0.0724 e. The van der Waals surface area contributed by atoms with Gasteiger partial charge in [-0.1, -0.05) is 170 Å². The highest BCUT2D eigenvalue weighted by Crippen LogP contribution is 2.46. The van der Waals surface area contributed by atoms with E-state index in [2.05, 4.69) is 314 Å². The van der Waals surface area contributed by atoms with Gasteiger partial charge in [0.15, 0.2) is 0 Å². The van der Waals surface area contributed by atoms with Crippen LogP contribution in [0.5, 0.6) is 0 Å². The fourth-order valence-corrected chi connectivity index (χ4v) is 12.1. The van der Waals surface area contributed by atoms with E-state index >= 15 is 0 Å². The van der Waals surface area contributed by atoms with Crippen molar-refractivity contribution in [2.75, 3.05) is 9.80 Å². The van der Waals surface area contributed by atoms with Crippen LogP contribution in [0.2, 0.25) is 0 Å². The highest BCUT2D eigenvalue weighted by Gasteiger charge is 2.25. The highest BCUT2D eigenvalue weighted by atomic mass is 15.1. The average molecular weight is 1000 g/mol. The molecule has 372 valence electrons. The Kier molecular flexibility index (Phi) is 11.4. The number of hydrogen-bond acceptors (Lipinski definition) is 2. The van der Waals surface area contributed by atoms with Crippen molar-refractivity contribution in [3.63, 3.8) is 0 Å². The summed E-state index contributed by atoms with van der Waals surface area (Å²) in [7, 11) is 0. The molecule has 0 unspecified atom stereocenters. The molecule has 0 amide bonds. The molecule has 0 radical (unpaired) electrons. The summed E-state index contributed by atoms with van der Waals surface area (Å²) in [6, 6.07) is 98.6. The summed E-state index contributed by atoms with van der Waals surface area (Å²) in [5, 5.41) is 9.71. The number of hydrogen-bond donors (Lipinski definition) is 0. The Hall–Kier alpha value is -9.90. The van der Waals surface area contributed by atoms with Gasteiger partial charge in [-0.2, -0.15) is 0 Å². The van der Waals surface area contributed by atoms with Crippen LogP contribution in [0.25, 0.3) is 88.0 Å². The molecule has 0 aliphatic carbocycles. The van der Waals surface area contributed by atoms with Gasteiger partial charge in [-0.15, -0.1) is 0 Å². The van der Waals surface area contributed by atoms with Gasteiger partial charge in [0.2, 0.25) is 0 Å². The van der Waals surface area contributed by atoms with Gasteiger partial charge in [0.25, 0.3) is 0 Å². The Morgan fingerprint density at radius 1 is 0.244 bits per heavy atom. The Balaban J connectivity index is 1.04. The standard InChI is InChI=1S/C74H56N4/c1-49-17-13-23-59(41-49)75(60-24-14-18-50(2)42-60)57-37-33-53(34-38-57)69-47-73-74(77(69)71-45-55-21-5-7-27-63(55)65-29-9-11-31-67(65)71)48-70(78(73)72-46-56-22-6-8-28-64(56)66-30-10-12-32-68(66)72)54-35-39-58(40-36-54)76(61-25-15-19-51(3)43-61)62-26-16-20-52(4)44-62/h5-48H,1-4H3. The van der Waals surface area contributed by atoms with Crippen LogP contribution in [0, 0.1) is 27.7 Å². The monoisotopic (exact) mass is 1000 g/mol. The van der Waals surface area contributed by atoms with E-state index in [0.717, 1.165) is 79.0 Å². The van der Waals surface area contributed by atoms with E-state index in [-0.39, 0.29) is 0 Å². The zero-order valence-corrected chi connectivity index (χ0v) is 44.2. The molecule has 0 spiro atoms. The molecule has 0 aliphatic heterocycles. The number of aryl methyl sites for hydroxylation is 4. The molecule has 0 N–H and O–H groups in total. The Labute approximate surface area is 455 Å². The van der Waals surface area contributed by atoms with Crippen molar-refractivity contribution >= 4 is 88.2 Å². The van der Waals surface area contributed by atoms with Crippen molar-refractivity contribution in [2.24, 2.45) is 0 Å². The first kappa shape index (κ1) is 46.6. The zero-order valence-electron chi connectivity index (χ0n) is 44.2. The molecule has 12 aromatic carbocycles. The van der Waals surface area contributed by atoms with Gasteiger partial charge in [0.05, 0.1) is 33.8 Å². The Bertz CT molecular complexity index is 4230. The first-order chi connectivity index (χ1) is 38.3. The predicted octanol–water partition coefficient (Wildman–Crippen LogP) is 20.5. The Morgan fingerprint density at radius 2 is 0.551 bits per heavy atom. The average Bonchev–Trinajstić information content (AvgIpc) is 4.24. The number of rotatable bonds is 10. The van der Waals surface area contributed by atoms with E-state index in [1.807, 2.05) is 0 Å². The van der Waals surface area contributed by atoms with Crippen molar-refractivity contribution in [2.45, 2.75) is 27.7 Å². The molecule has 0 saturated carbocycles. The molecule has 78 heavy (non-hydrogen) atoms. The van der Waals surface area contributed by atoms with Gasteiger partial charge >= 0.3 is 0 Å². The molecule has 0 atom stereocenters. The van der Waals surface area contributed by atoms with Gasteiger partial charge in [-0.05, 0) is 190 Å². The summed E-state index contributed by atoms with van der Waals surface area (Å²) < 4.78 is 5.07. The predicted molar refractivity (Wildman–Crippen MR) is 332 cm³/mol. The van der Waals surface area contributed by atoms with Crippen LogP contribution in [-0.4, -0.2) is 9.13 Å². The van der Waals surface area contributed by atoms with Crippen LogP contribution in [0.15, 0.2) is 267 Å². The lowest BCUT2D eigenvalue weighted by molar-refractivity contribution is 1.15. The molecule has 0 saturated heterocycles. The van der Waals surface area contributed by atoms with E-state index in [1.165, 1.54) is 65.3 Å². The minimum atomic E-state index is 1.09. The van der Waals surface area contributed by atoms with Crippen LogP contribution in [0.4, 0.5) is 34.1 Å². The number of benzene rings is 12. The third-order valence-corrected chi connectivity index (χ3v) is 15.6. The lowest BCUT2D eigenvalue weighted by Gasteiger charge is -2.26. The first-order valence-corrected chi connectivity index (χ1v) is 27.0. The molecule has 2 heterocycles. The molecular formula is C74H56N4. The zero-order chi connectivity index (χ0) is 52.4. The van der Waals surface area contributed by atoms with Crippen LogP contribution < -0.4 is 9.80 Å². The second-order valence-corrected chi connectivity index (χ2v) is 20.9. The molecule has 0 fully saturated rings. The SMILES string of the molecule is Cc1cccc(N(c2ccc(-c3cc4c(cc(-c5ccc(N(c6cccc(C)c6)c6cccc(C)c6)cc5)n4-c4cc5ccccc5c5ccccc45)n3-c3cc4ccccc4c4ccccc34)cc2)c2cccc(C)c2)c1. The van der Waals surface area contributed by atoms with Crippen molar-refractivity contribution in [1.29, 1.82) is 0 Å². The van der Waals surface area contributed by atoms with E-state index in [1.54, 1.807) is 0 Å². The molecule has 14 rings (SSSR count). The van der Waals surface area contributed by atoms with E-state index in [9.17, 15) is 0 Å². The lowest BCUT2D eigenvalue weighted by atomic mass is 9.99. The largest absolute Gasteiger partial charge is 0.310 e. The van der Waals surface area contributed by atoms with Gasteiger partial charge < -0.3 is 18.9 Å². The minimum absolute atomic E-state index is 1.09. The second kappa shape index (κ2) is 19.0. The molecule has 0 bridgehead atoms. The molecule has 14 aromatic rings. The summed E-state index contributed by atoms with van der Waals surface area (Å²) in [6.45, 7) is 8.65. The fraction of sp³-hybridized carbons (Fsp3) is 0.0541. The number of anilines is 6. The third-order valence-electron chi connectivity index (χ3n) is 15.6.